The van der Waals surface area contributed by atoms with E-state index in [2.05, 4.69) is 5.32 Å². The number of aryl methyl sites for hydroxylation is 1. The molecule has 1 N–H and O–H groups in total. The third kappa shape index (κ3) is 3.74. The van der Waals surface area contributed by atoms with Crippen molar-refractivity contribution in [3.63, 3.8) is 0 Å². The van der Waals surface area contributed by atoms with Crippen LogP contribution in [0.1, 0.15) is 22.8 Å². The van der Waals surface area contributed by atoms with Gasteiger partial charge < -0.3 is 15.0 Å². The lowest BCUT2D eigenvalue weighted by Gasteiger charge is -2.17. The normalized spacial score (nSPS) is 10.2. The van der Waals surface area contributed by atoms with Crippen LogP contribution in [0.15, 0.2) is 18.2 Å². The van der Waals surface area contributed by atoms with Gasteiger partial charge in [0.15, 0.2) is 0 Å². The van der Waals surface area contributed by atoms with Gasteiger partial charge in [0.1, 0.15) is 0 Å². The summed E-state index contributed by atoms with van der Waals surface area (Å²) in [4.78, 5) is 13.8. The number of anilines is 1. The Hall–Kier alpha value is -1.55. The maximum atomic E-state index is 12.1. The summed E-state index contributed by atoms with van der Waals surface area (Å²) in [5, 5.41) is 3.09. The van der Waals surface area contributed by atoms with Crippen molar-refractivity contribution >= 4 is 11.6 Å². The highest BCUT2D eigenvalue weighted by molar-refractivity contribution is 5.94. The predicted octanol–water partition coefficient (Wildman–Crippen LogP) is 2.15. The van der Waals surface area contributed by atoms with Crippen LogP contribution in [0.5, 0.6) is 0 Å². The minimum atomic E-state index is 0.0282. The van der Waals surface area contributed by atoms with E-state index in [1.165, 1.54) is 0 Å². The van der Waals surface area contributed by atoms with E-state index in [1.54, 1.807) is 11.9 Å². The van der Waals surface area contributed by atoms with Crippen LogP contribution in [0.3, 0.4) is 0 Å². The van der Waals surface area contributed by atoms with E-state index in [9.17, 15) is 4.79 Å². The molecule has 1 amide bonds. The molecule has 0 aliphatic rings. The molecule has 0 unspecified atom stereocenters. The van der Waals surface area contributed by atoms with Crippen LogP contribution >= 0.6 is 0 Å². The first kappa shape index (κ1) is 14.5. The molecule has 0 aliphatic carbocycles. The fourth-order valence-corrected chi connectivity index (χ4v) is 1.74. The Morgan fingerprint density at radius 3 is 2.72 bits per heavy atom. The van der Waals surface area contributed by atoms with Crippen LogP contribution in [0.2, 0.25) is 0 Å². The number of amides is 1. The number of rotatable bonds is 6. The van der Waals surface area contributed by atoms with Gasteiger partial charge in [-0.2, -0.15) is 0 Å². The molecule has 0 aliphatic heterocycles. The first-order valence-electron chi connectivity index (χ1n) is 6.21. The molecular formula is C14H22N2O2. The molecule has 0 bridgehead atoms. The maximum Gasteiger partial charge on any atom is 0.253 e. The number of hydrogen-bond acceptors (Lipinski definition) is 3. The number of carbonyl (C=O) groups is 1. The third-order valence-corrected chi connectivity index (χ3v) is 2.86. The van der Waals surface area contributed by atoms with Gasteiger partial charge >= 0.3 is 0 Å². The Balaban J connectivity index is 2.68. The lowest BCUT2D eigenvalue weighted by atomic mass is 10.1. The number of carbonyl (C=O) groups excluding carboxylic acids is 1. The minimum Gasteiger partial charge on any atom is -0.388 e. The summed E-state index contributed by atoms with van der Waals surface area (Å²) in [5.41, 5.74) is 2.83. The van der Waals surface area contributed by atoms with Crippen molar-refractivity contribution in [2.24, 2.45) is 0 Å². The van der Waals surface area contributed by atoms with E-state index in [0.717, 1.165) is 11.3 Å². The number of nitrogens with zero attached hydrogens (tertiary/aromatic N) is 1. The molecule has 0 spiro atoms. The molecule has 0 aromatic heterocycles. The largest absolute Gasteiger partial charge is 0.388 e. The molecule has 0 heterocycles. The van der Waals surface area contributed by atoms with Gasteiger partial charge in [0, 0.05) is 38.5 Å². The summed E-state index contributed by atoms with van der Waals surface area (Å²) in [6.45, 7) is 5.80. The van der Waals surface area contributed by atoms with E-state index in [4.69, 9.17) is 4.74 Å². The topological polar surface area (TPSA) is 41.6 Å². The SMILES string of the molecule is CCOCCN(C)C(=O)c1ccc(NC)c(C)c1. The summed E-state index contributed by atoms with van der Waals surface area (Å²) >= 11 is 0. The highest BCUT2D eigenvalue weighted by Gasteiger charge is 2.12. The average molecular weight is 250 g/mol. The lowest BCUT2D eigenvalue weighted by Crippen LogP contribution is -2.30. The number of nitrogens with one attached hydrogen (secondary N) is 1. The third-order valence-electron chi connectivity index (χ3n) is 2.86. The standard InChI is InChI=1S/C14H22N2O2/c1-5-18-9-8-16(4)14(17)12-6-7-13(15-3)11(2)10-12/h6-7,10,15H,5,8-9H2,1-4H3. The number of benzene rings is 1. The van der Waals surface area contributed by atoms with Gasteiger partial charge in [0.25, 0.3) is 5.91 Å². The van der Waals surface area contributed by atoms with Crippen molar-refractivity contribution in [1.29, 1.82) is 0 Å². The van der Waals surface area contributed by atoms with Gasteiger partial charge in [0.05, 0.1) is 6.61 Å². The molecule has 1 aromatic rings. The first-order valence-corrected chi connectivity index (χ1v) is 6.21. The fraction of sp³-hybridized carbons (Fsp3) is 0.500. The van der Waals surface area contributed by atoms with Crippen LogP contribution in [0, 0.1) is 6.92 Å². The Morgan fingerprint density at radius 1 is 1.44 bits per heavy atom. The zero-order valence-electron chi connectivity index (χ0n) is 11.6. The van der Waals surface area contributed by atoms with E-state index >= 15 is 0 Å². The van der Waals surface area contributed by atoms with Crippen LogP contribution < -0.4 is 5.32 Å². The quantitative estimate of drug-likeness (QED) is 0.787. The maximum absolute atomic E-state index is 12.1. The molecule has 18 heavy (non-hydrogen) atoms. The van der Waals surface area contributed by atoms with E-state index < -0.39 is 0 Å². The van der Waals surface area contributed by atoms with Crippen molar-refractivity contribution in [3.05, 3.63) is 29.3 Å². The smallest absolute Gasteiger partial charge is 0.253 e. The molecule has 1 aromatic carbocycles. The highest BCUT2D eigenvalue weighted by Crippen LogP contribution is 2.16. The van der Waals surface area contributed by atoms with Crippen LogP contribution in [0.25, 0.3) is 0 Å². The molecule has 0 atom stereocenters. The fourth-order valence-electron chi connectivity index (χ4n) is 1.74. The van der Waals surface area contributed by atoms with Crippen LogP contribution in [-0.2, 0) is 4.74 Å². The summed E-state index contributed by atoms with van der Waals surface area (Å²) in [7, 11) is 3.67. The highest BCUT2D eigenvalue weighted by atomic mass is 16.5. The number of likely N-dealkylation sites (N-methyl/N-ethyl adjacent to an activating group) is 1. The molecule has 4 nitrogen and oxygen atoms in total. The van der Waals surface area contributed by atoms with Gasteiger partial charge in [-0.05, 0) is 37.6 Å². The van der Waals surface area contributed by atoms with Crippen LogP contribution in [-0.4, -0.2) is 44.7 Å². The van der Waals surface area contributed by atoms with Crippen molar-refractivity contribution in [1.82, 2.24) is 4.90 Å². The van der Waals surface area contributed by atoms with E-state index in [1.807, 2.05) is 39.1 Å². The minimum absolute atomic E-state index is 0.0282. The molecule has 0 radical (unpaired) electrons. The Bertz CT molecular complexity index is 405. The summed E-state index contributed by atoms with van der Waals surface area (Å²) in [6.07, 6.45) is 0. The zero-order chi connectivity index (χ0) is 13.5. The summed E-state index contributed by atoms with van der Waals surface area (Å²) in [5.74, 6) is 0.0282. The average Bonchev–Trinajstić information content (AvgIpc) is 2.38. The monoisotopic (exact) mass is 250 g/mol. The molecule has 0 saturated carbocycles. The zero-order valence-corrected chi connectivity index (χ0v) is 11.6. The van der Waals surface area contributed by atoms with E-state index in [0.29, 0.717) is 25.3 Å². The molecule has 4 heteroatoms. The number of ether oxygens (including phenoxy) is 1. The molecule has 0 fully saturated rings. The second-order valence-corrected chi connectivity index (χ2v) is 4.20. The Morgan fingerprint density at radius 2 is 2.17 bits per heavy atom. The van der Waals surface area contributed by atoms with Gasteiger partial charge in [-0.3, -0.25) is 4.79 Å². The summed E-state index contributed by atoms with van der Waals surface area (Å²) in [6, 6.07) is 5.68. The first-order chi connectivity index (χ1) is 8.60. The molecule has 1 rings (SSSR count). The summed E-state index contributed by atoms with van der Waals surface area (Å²) < 4.78 is 5.25. The van der Waals surface area contributed by atoms with Crippen molar-refractivity contribution < 1.29 is 9.53 Å². The van der Waals surface area contributed by atoms with E-state index in [-0.39, 0.29) is 5.91 Å². The second-order valence-electron chi connectivity index (χ2n) is 4.20. The van der Waals surface area contributed by atoms with Gasteiger partial charge in [-0.25, -0.2) is 0 Å². The van der Waals surface area contributed by atoms with Crippen molar-refractivity contribution in [2.45, 2.75) is 13.8 Å². The predicted molar refractivity (Wildman–Crippen MR) is 74.2 cm³/mol. The lowest BCUT2D eigenvalue weighted by molar-refractivity contribution is 0.0710. The molecule has 0 saturated heterocycles. The Kier molecular flexibility index (Phi) is 5.65. The number of hydrogen-bond donors (Lipinski definition) is 1. The Labute approximate surface area is 109 Å². The van der Waals surface area contributed by atoms with Crippen molar-refractivity contribution in [3.8, 4) is 0 Å². The van der Waals surface area contributed by atoms with Gasteiger partial charge in [-0.15, -0.1) is 0 Å². The van der Waals surface area contributed by atoms with Crippen LogP contribution in [0.4, 0.5) is 5.69 Å². The molecular weight excluding hydrogens is 228 g/mol. The van der Waals surface area contributed by atoms with Crippen molar-refractivity contribution in [2.75, 3.05) is 39.2 Å². The van der Waals surface area contributed by atoms with Gasteiger partial charge in [-0.1, -0.05) is 0 Å². The second kappa shape index (κ2) is 7.01. The van der Waals surface area contributed by atoms with Gasteiger partial charge in [0.2, 0.25) is 0 Å². The molecule has 100 valence electrons.